The van der Waals surface area contributed by atoms with Gasteiger partial charge >= 0.3 is 0 Å². The Morgan fingerprint density at radius 3 is 2.95 bits per heavy atom. The van der Waals surface area contributed by atoms with E-state index in [1.165, 1.54) is 11.8 Å². The number of nitrogens with zero attached hydrogens (tertiary/aromatic N) is 2. The second-order valence-corrected chi connectivity index (χ2v) is 5.84. The van der Waals surface area contributed by atoms with Crippen molar-refractivity contribution in [1.82, 2.24) is 9.97 Å². The number of hydrogen-bond donors (Lipinski definition) is 2. The van der Waals surface area contributed by atoms with Crippen molar-refractivity contribution in [3.8, 4) is 0 Å². The summed E-state index contributed by atoms with van der Waals surface area (Å²) in [6.45, 7) is 1.90. The SMILES string of the molecule is Cc1ccnc(SCCC(=O)Nc2ccc(N)cc2Cl)n1. The molecule has 0 saturated carbocycles. The molecule has 0 aliphatic heterocycles. The molecule has 3 N–H and O–H groups in total. The first kappa shape index (κ1) is 15.6. The molecule has 1 aromatic heterocycles. The minimum absolute atomic E-state index is 0.109. The van der Waals surface area contributed by atoms with Gasteiger partial charge in [-0.3, -0.25) is 4.79 Å². The summed E-state index contributed by atoms with van der Waals surface area (Å²) in [6, 6.07) is 6.82. The second kappa shape index (κ2) is 7.28. The van der Waals surface area contributed by atoms with Crippen LogP contribution in [0.25, 0.3) is 0 Å². The summed E-state index contributed by atoms with van der Waals surface area (Å²) in [5, 5.41) is 3.86. The highest BCUT2D eigenvalue weighted by molar-refractivity contribution is 7.99. The van der Waals surface area contributed by atoms with Crippen molar-refractivity contribution in [3.05, 3.63) is 41.2 Å². The van der Waals surface area contributed by atoms with Crippen LogP contribution in [-0.2, 0) is 4.79 Å². The van der Waals surface area contributed by atoms with Gasteiger partial charge < -0.3 is 11.1 Å². The quantitative estimate of drug-likeness (QED) is 0.502. The second-order valence-electron chi connectivity index (χ2n) is 4.37. The molecule has 0 bridgehead atoms. The molecule has 0 saturated heterocycles. The lowest BCUT2D eigenvalue weighted by Gasteiger charge is -2.07. The maximum absolute atomic E-state index is 11.9. The van der Waals surface area contributed by atoms with E-state index in [1.807, 2.05) is 13.0 Å². The van der Waals surface area contributed by atoms with Crippen molar-refractivity contribution in [3.63, 3.8) is 0 Å². The normalized spacial score (nSPS) is 10.4. The van der Waals surface area contributed by atoms with Crippen molar-refractivity contribution in [2.24, 2.45) is 0 Å². The number of halogens is 1. The van der Waals surface area contributed by atoms with Crippen LogP contribution in [0, 0.1) is 6.92 Å². The zero-order valence-electron chi connectivity index (χ0n) is 11.5. The number of hydrogen-bond acceptors (Lipinski definition) is 5. The molecule has 2 rings (SSSR count). The van der Waals surface area contributed by atoms with Gasteiger partial charge in [0, 0.05) is 29.8 Å². The van der Waals surface area contributed by atoms with E-state index >= 15 is 0 Å². The smallest absolute Gasteiger partial charge is 0.225 e. The van der Waals surface area contributed by atoms with Crippen LogP contribution in [0.3, 0.4) is 0 Å². The average molecular weight is 323 g/mol. The minimum atomic E-state index is -0.109. The fourth-order valence-corrected chi connectivity index (χ4v) is 2.63. The van der Waals surface area contributed by atoms with Crippen molar-refractivity contribution in [2.45, 2.75) is 18.5 Å². The van der Waals surface area contributed by atoms with E-state index in [1.54, 1.807) is 24.4 Å². The number of benzene rings is 1. The Morgan fingerprint density at radius 2 is 2.24 bits per heavy atom. The number of carbonyl (C=O) groups excluding carboxylic acids is 1. The van der Waals surface area contributed by atoms with E-state index in [0.717, 1.165) is 5.69 Å². The molecule has 0 atom stereocenters. The van der Waals surface area contributed by atoms with E-state index in [2.05, 4.69) is 15.3 Å². The molecule has 0 radical (unpaired) electrons. The van der Waals surface area contributed by atoms with Crippen LogP contribution in [-0.4, -0.2) is 21.6 Å². The van der Waals surface area contributed by atoms with Crippen LogP contribution >= 0.6 is 23.4 Å². The Hall–Kier alpha value is -1.79. The Kier molecular flexibility index (Phi) is 5.41. The van der Waals surface area contributed by atoms with Crippen molar-refractivity contribution < 1.29 is 4.79 Å². The summed E-state index contributed by atoms with van der Waals surface area (Å²) < 4.78 is 0. The summed E-state index contributed by atoms with van der Waals surface area (Å²) in [7, 11) is 0. The van der Waals surface area contributed by atoms with Gasteiger partial charge in [-0.15, -0.1) is 0 Å². The van der Waals surface area contributed by atoms with Crippen LogP contribution in [0.15, 0.2) is 35.6 Å². The van der Waals surface area contributed by atoms with Gasteiger partial charge in [-0.25, -0.2) is 9.97 Å². The molecule has 2 aromatic rings. The Balaban J connectivity index is 1.82. The standard InChI is InChI=1S/C14H15ClN4OS/c1-9-4-6-17-14(18-9)21-7-5-13(20)19-12-3-2-10(16)8-11(12)15/h2-4,6,8H,5,7,16H2,1H3,(H,19,20). The molecule has 1 heterocycles. The molecular formula is C14H15ClN4OS. The van der Waals surface area contributed by atoms with Crippen LogP contribution < -0.4 is 11.1 Å². The van der Waals surface area contributed by atoms with Gasteiger partial charge in [0.05, 0.1) is 10.7 Å². The third kappa shape index (κ3) is 4.91. The van der Waals surface area contributed by atoms with Crippen molar-refractivity contribution >= 4 is 40.6 Å². The number of nitrogens with two attached hydrogens (primary N) is 1. The number of aryl methyl sites for hydroxylation is 1. The average Bonchev–Trinajstić information content (AvgIpc) is 2.42. The Bertz CT molecular complexity index is 651. The number of thioether (sulfide) groups is 1. The molecule has 0 spiro atoms. The fourth-order valence-electron chi connectivity index (χ4n) is 1.58. The predicted molar refractivity (Wildman–Crippen MR) is 86.6 cm³/mol. The summed E-state index contributed by atoms with van der Waals surface area (Å²) >= 11 is 7.45. The maximum Gasteiger partial charge on any atom is 0.225 e. The summed E-state index contributed by atoms with van der Waals surface area (Å²) in [4.78, 5) is 20.2. The number of aromatic nitrogens is 2. The highest BCUT2D eigenvalue weighted by Crippen LogP contribution is 2.24. The van der Waals surface area contributed by atoms with Gasteiger partial charge in [0.25, 0.3) is 0 Å². The molecular weight excluding hydrogens is 308 g/mol. The van der Waals surface area contributed by atoms with E-state index in [0.29, 0.717) is 33.7 Å². The van der Waals surface area contributed by atoms with Gasteiger partial charge in [-0.1, -0.05) is 23.4 Å². The number of anilines is 2. The van der Waals surface area contributed by atoms with Gasteiger partial charge in [-0.2, -0.15) is 0 Å². The summed E-state index contributed by atoms with van der Waals surface area (Å²) in [5.41, 5.74) is 7.63. The van der Waals surface area contributed by atoms with E-state index < -0.39 is 0 Å². The zero-order valence-corrected chi connectivity index (χ0v) is 13.0. The third-order valence-corrected chi connectivity index (χ3v) is 3.78. The number of nitrogen functional groups attached to an aromatic ring is 1. The molecule has 0 aliphatic rings. The fraction of sp³-hybridized carbons (Fsp3) is 0.214. The van der Waals surface area contributed by atoms with Crippen molar-refractivity contribution in [1.29, 1.82) is 0 Å². The van der Waals surface area contributed by atoms with Gasteiger partial charge in [0.2, 0.25) is 5.91 Å². The molecule has 21 heavy (non-hydrogen) atoms. The summed E-state index contributed by atoms with van der Waals surface area (Å²) in [6.07, 6.45) is 2.06. The molecule has 0 unspecified atom stereocenters. The van der Waals surface area contributed by atoms with Gasteiger partial charge in [-0.05, 0) is 31.2 Å². The largest absolute Gasteiger partial charge is 0.399 e. The molecule has 1 amide bonds. The Morgan fingerprint density at radius 1 is 1.43 bits per heavy atom. The zero-order chi connectivity index (χ0) is 15.2. The van der Waals surface area contributed by atoms with Crippen LogP contribution in [0.4, 0.5) is 11.4 Å². The van der Waals surface area contributed by atoms with Gasteiger partial charge in [0.15, 0.2) is 5.16 Å². The Labute approximate surface area is 132 Å². The number of nitrogens with one attached hydrogen (secondary N) is 1. The first-order chi connectivity index (χ1) is 10.0. The number of rotatable bonds is 5. The number of carbonyl (C=O) groups is 1. The lowest BCUT2D eigenvalue weighted by molar-refractivity contribution is -0.115. The van der Waals surface area contributed by atoms with Crippen molar-refractivity contribution in [2.75, 3.05) is 16.8 Å². The first-order valence-corrected chi connectivity index (χ1v) is 7.68. The van der Waals surface area contributed by atoms with E-state index in [4.69, 9.17) is 17.3 Å². The minimum Gasteiger partial charge on any atom is -0.399 e. The third-order valence-electron chi connectivity index (χ3n) is 2.60. The number of amides is 1. The highest BCUT2D eigenvalue weighted by atomic mass is 35.5. The lowest BCUT2D eigenvalue weighted by Crippen LogP contribution is -2.12. The molecule has 0 fully saturated rings. The monoisotopic (exact) mass is 322 g/mol. The maximum atomic E-state index is 11.9. The van der Waals surface area contributed by atoms with Gasteiger partial charge in [0.1, 0.15) is 0 Å². The molecule has 7 heteroatoms. The van der Waals surface area contributed by atoms with Crippen LogP contribution in [0.1, 0.15) is 12.1 Å². The van der Waals surface area contributed by atoms with E-state index in [9.17, 15) is 4.79 Å². The van der Waals surface area contributed by atoms with Crippen LogP contribution in [0.5, 0.6) is 0 Å². The summed E-state index contributed by atoms with van der Waals surface area (Å²) in [5.74, 6) is 0.490. The first-order valence-electron chi connectivity index (χ1n) is 6.32. The molecule has 5 nitrogen and oxygen atoms in total. The highest BCUT2D eigenvalue weighted by Gasteiger charge is 2.07. The molecule has 110 valence electrons. The van der Waals surface area contributed by atoms with Crippen LogP contribution in [0.2, 0.25) is 5.02 Å². The predicted octanol–water partition coefficient (Wildman–Crippen LogP) is 3.14. The molecule has 0 aliphatic carbocycles. The lowest BCUT2D eigenvalue weighted by atomic mass is 10.3. The topological polar surface area (TPSA) is 80.9 Å². The van der Waals surface area contributed by atoms with E-state index in [-0.39, 0.29) is 5.91 Å². The molecule has 1 aromatic carbocycles.